The first kappa shape index (κ1) is 17.5. The van der Waals surface area contributed by atoms with Crippen LogP contribution in [-0.4, -0.2) is 45.7 Å². The van der Waals surface area contributed by atoms with E-state index in [1.165, 1.54) is 28.6 Å². The lowest BCUT2D eigenvalue weighted by Crippen LogP contribution is -2.23. The van der Waals surface area contributed by atoms with Gasteiger partial charge in [0.05, 0.1) is 0 Å². The van der Waals surface area contributed by atoms with Crippen molar-refractivity contribution in [1.82, 2.24) is 10.2 Å². The summed E-state index contributed by atoms with van der Waals surface area (Å²) in [5, 5.41) is 3.44. The topological polar surface area (TPSA) is 18.5 Å². The van der Waals surface area contributed by atoms with Gasteiger partial charge in [0.25, 0.3) is 0 Å². The molecule has 1 rings (SSSR count). The first-order valence-corrected chi connectivity index (χ1v) is 8.19. The molecule has 3 nitrogen and oxygen atoms in total. The molecular weight excluding hydrogens is 314 g/mol. The van der Waals surface area contributed by atoms with E-state index in [9.17, 15) is 0 Å². The summed E-state index contributed by atoms with van der Waals surface area (Å²) in [5.41, 5.74) is 2.60. The first-order chi connectivity index (χ1) is 9.54. The Morgan fingerprint density at radius 3 is 2.50 bits per heavy atom. The third kappa shape index (κ3) is 6.25. The van der Waals surface area contributed by atoms with Gasteiger partial charge < -0.3 is 15.1 Å². The van der Waals surface area contributed by atoms with Crippen molar-refractivity contribution in [3.63, 3.8) is 0 Å². The van der Waals surface area contributed by atoms with Crippen LogP contribution in [0.4, 0.5) is 5.69 Å². The highest BCUT2D eigenvalue weighted by Crippen LogP contribution is 2.23. The van der Waals surface area contributed by atoms with Crippen molar-refractivity contribution in [2.45, 2.75) is 26.3 Å². The summed E-state index contributed by atoms with van der Waals surface area (Å²) < 4.78 is 1.19. The molecule has 0 atom stereocenters. The van der Waals surface area contributed by atoms with Gasteiger partial charge in [0.1, 0.15) is 0 Å². The average Bonchev–Trinajstić information content (AvgIpc) is 2.40. The van der Waals surface area contributed by atoms with Crippen LogP contribution in [-0.2, 0) is 6.54 Å². The Morgan fingerprint density at radius 1 is 1.15 bits per heavy atom. The summed E-state index contributed by atoms with van der Waals surface area (Å²) in [6.45, 7) is 6.40. The number of anilines is 1. The van der Waals surface area contributed by atoms with Gasteiger partial charge in [-0.05, 0) is 57.7 Å². The van der Waals surface area contributed by atoms with Crippen molar-refractivity contribution < 1.29 is 0 Å². The molecule has 0 aromatic heterocycles. The number of halogens is 1. The van der Waals surface area contributed by atoms with Crippen LogP contribution in [0.2, 0.25) is 0 Å². The molecule has 4 heteroatoms. The standard InChI is InChI=1S/C16H28BrN3/c1-5-9-18-13-14-7-8-15(12-16(14)17)20(4)11-6-10-19(2)3/h7-8,12,18H,5-6,9-11,13H2,1-4H3. The Hall–Kier alpha value is -0.580. The van der Waals surface area contributed by atoms with Crippen LogP contribution in [0.5, 0.6) is 0 Å². The molecule has 1 N–H and O–H groups in total. The quantitative estimate of drug-likeness (QED) is 0.695. The van der Waals surface area contributed by atoms with Crippen molar-refractivity contribution in [2.24, 2.45) is 0 Å². The molecule has 114 valence electrons. The molecule has 0 heterocycles. The van der Waals surface area contributed by atoms with E-state index < -0.39 is 0 Å². The van der Waals surface area contributed by atoms with Gasteiger partial charge in [0.2, 0.25) is 0 Å². The summed E-state index contributed by atoms with van der Waals surface area (Å²) in [6, 6.07) is 6.65. The zero-order valence-electron chi connectivity index (χ0n) is 13.2. The molecule has 1 aromatic rings. The van der Waals surface area contributed by atoms with E-state index in [1.807, 2.05) is 0 Å². The number of nitrogens with zero attached hydrogens (tertiary/aromatic N) is 2. The fourth-order valence-electron chi connectivity index (χ4n) is 2.07. The largest absolute Gasteiger partial charge is 0.375 e. The molecule has 20 heavy (non-hydrogen) atoms. The van der Waals surface area contributed by atoms with Crippen molar-refractivity contribution in [3.05, 3.63) is 28.2 Å². The molecule has 0 saturated carbocycles. The van der Waals surface area contributed by atoms with E-state index in [2.05, 4.69) is 77.3 Å². The van der Waals surface area contributed by atoms with E-state index in [4.69, 9.17) is 0 Å². The summed E-state index contributed by atoms with van der Waals surface area (Å²) in [6.07, 6.45) is 2.35. The first-order valence-electron chi connectivity index (χ1n) is 7.39. The van der Waals surface area contributed by atoms with Crippen LogP contribution in [0.25, 0.3) is 0 Å². The maximum absolute atomic E-state index is 3.68. The monoisotopic (exact) mass is 341 g/mol. The number of benzene rings is 1. The average molecular weight is 342 g/mol. The minimum absolute atomic E-state index is 0.930. The minimum Gasteiger partial charge on any atom is -0.375 e. The normalized spacial score (nSPS) is 11.1. The summed E-state index contributed by atoms with van der Waals surface area (Å²) in [7, 11) is 6.40. The molecule has 0 aliphatic rings. The van der Waals surface area contributed by atoms with Gasteiger partial charge in [-0.15, -0.1) is 0 Å². The third-order valence-corrected chi connectivity index (χ3v) is 4.06. The van der Waals surface area contributed by atoms with Gasteiger partial charge in [-0.25, -0.2) is 0 Å². The summed E-state index contributed by atoms with van der Waals surface area (Å²) in [5.74, 6) is 0. The van der Waals surface area contributed by atoms with E-state index in [1.54, 1.807) is 0 Å². The molecule has 0 radical (unpaired) electrons. The van der Waals surface area contributed by atoms with Crippen LogP contribution in [0.1, 0.15) is 25.3 Å². The molecule has 0 fully saturated rings. The van der Waals surface area contributed by atoms with E-state index in [0.717, 1.165) is 26.2 Å². The predicted octanol–water partition coefficient (Wildman–Crippen LogP) is 3.34. The highest BCUT2D eigenvalue weighted by atomic mass is 79.9. The van der Waals surface area contributed by atoms with Crippen molar-refractivity contribution in [3.8, 4) is 0 Å². The molecular formula is C16H28BrN3. The Kier molecular flexibility index (Phi) is 8.19. The lowest BCUT2D eigenvalue weighted by atomic mass is 10.2. The SMILES string of the molecule is CCCNCc1ccc(N(C)CCCN(C)C)cc1Br. The molecule has 0 amide bonds. The van der Waals surface area contributed by atoms with Crippen LogP contribution >= 0.6 is 15.9 Å². The second-order valence-corrected chi connectivity index (χ2v) is 6.39. The fraction of sp³-hybridized carbons (Fsp3) is 0.625. The third-order valence-electron chi connectivity index (χ3n) is 3.32. The van der Waals surface area contributed by atoms with Gasteiger partial charge in [0.15, 0.2) is 0 Å². The van der Waals surface area contributed by atoms with Crippen LogP contribution in [0.15, 0.2) is 22.7 Å². The molecule has 0 saturated heterocycles. The number of hydrogen-bond donors (Lipinski definition) is 1. The molecule has 0 aliphatic heterocycles. The van der Waals surface area contributed by atoms with E-state index >= 15 is 0 Å². The van der Waals surface area contributed by atoms with E-state index in [-0.39, 0.29) is 0 Å². The van der Waals surface area contributed by atoms with Crippen LogP contribution in [0.3, 0.4) is 0 Å². The van der Waals surface area contributed by atoms with Gasteiger partial charge in [-0.1, -0.05) is 28.9 Å². The Bertz CT molecular complexity index is 393. The molecule has 1 aromatic carbocycles. The highest BCUT2D eigenvalue weighted by Gasteiger charge is 2.05. The lowest BCUT2D eigenvalue weighted by Gasteiger charge is -2.21. The fourth-order valence-corrected chi connectivity index (χ4v) is 2.58. The van der Waals surface area contributed by atoms with Crippen LogP contribution in [0, 0.1) is 0 Å². The zero-order chi connectivity index (χ0) is 15.0. The minimum atomic E-state index is 0.930. The predicted molar refractivity (Wildman–Crippen MR) is 92.6 cm³/mol. The van der Waals surface area contributed by atoms with Crippen molar-refractivity contribution in [1.29, 1.82) is 0 Å². The van der Waals surface area contributed by atoms with Gasteiger partial charge in [-0.2, -0.15) is 0 Å². The molecule has 0 spiro atoms. The zero-order valence-corrected chi connectivity index (χ0v) is 14.8. The Morgan fingerprint density at radius 2 is 1.90 bits per heavy atom. The van der Waals surface area contributed by atoms with Gasteiger partial charge in [0, 0.05) is 30.3 Å². The number of hydrogen-bond acceptors (Lipinski definition) is 3. The van der Waals surface area contributed by atoms with E-state index in [0.29, 0.717) is 0 Å². The number of rotatable bonds is 9. The van der Waals surface area contributed by atoms with Gasteiger partial charge in [-0.3, -0.25) is 0 Å². The maximum Gasteiger partial charge on any atom is 0.0375 e. The Balaban J connectivity index is 2.52. The Labute approximate surface area is 132 Å². The van der Waals surface area contributed by atoms with Crippen molar-refractivity contribution in [2.75, 3.05) is 45.7 Å². The summed E-state index contributed by atoms with van der Waals surface area (Å²) in [4.78, 5) is 4.55. The smallest absolute Gasteiger partial charge is 0.0375 e. The molecule has 0 bridgehead atoms. The second kappa shape index (κ2) is 9.37. The number of nitrogens with one attached hydrogen (secondary N) is 1. The molecule has 0 aliphatic carbocycles. The second-order valence-electron chi connectivity index (χ2n) is 5.53. The highest BCUT2D eigenvalue weighted by molar-refractivity contribution is 9.10. The molecule has 0 unspecified atom stereocenters. The summed E-state index contributed by atoms with van der Waals surface area (Å²) >= 11 is 3.68. The van der Waals surface area contributed by atoms with Crippen molar-refractivity contribution >= 4 is 21.6 Å². The van der Waals surface area contributed by atoms with Gasteiger partial charge >= 0.3 is 0 Å². The maximum atomic E-state index is 3.68. The van der Waals surface area contributed by atoms with Crippen LogP contribution < -0.4 is 10.2 Å². The lowest BCUT2D eigenvalue weighted by molar-refractivity contribution is 0.401.